The number of amides is 1. The lowest BCUT2D eigenvalue weighted by Crippen LogP contribution is -2.36. The number of esters is 1. The monoisotopic (exact) mass is 355 g/mol. The second kappa shape index (κ2) is 7.47. The quantitative estimate of drug-likeness (QED) is 0.789. The van der Waals surface area contributed by atoms with Crippen molar-refractivity contribution < 1.29 is 23.8 Å². The summed E-state index contributed by atoms with van der Waals surface area (Å²) in [5.74, 6) is 0.314. The molecule has 1 aliphatic rings. The van der Waals surface area contributed by atoms with Gasteiger partial charge in [-0.1, -0.05) is 12.1 Å². The Morgan fingerprint density at radius 3 is 2.38 bits per heavy atom. The number of rotatable bonds is 4. The van der Waals surface area contributed by atoms with Crippen molar-refractivity contribution in [2.75, 3.05) is 32.8 Å². The van der Waals surface area contributed by atoms with Gasteiger partial charge in [0, 0.05) is 12.2 Å². The smallest absolute Gasteiger partial charge is 0.338 e. The van der Waals surface area contributed by atoms with Crippen LogP contribution in [0.1, 0.15) is 32.7 Å². The third-order valence-corrected chi connectivity index (χ3v) is 4.53. The van der Waals surface area contributed by atoms with Gasteiger partial charge in [0.1, 0.15) is 0 Å². The largest absolute Gasteiger partial charge is 0.493 e. The van der Waals surface area contributed by atoms with Gasteiger partial charge in [-0.2, -0.15) is 0 Å². The molecule has 0 saturated carbocycles. The van der Waals surface area contributed by atoms with Crippen LogP contribution < -0.4 is 14.4 Å². The summed E-state index contributed by atoms with van der Waals surface area (Å²) < 4.78 is 15.6. The zero-order valence-corrected chi connectivity index (χ0v) is 15.1. The first kappa shape index (κ1) is 17.8. The van der Waals surface area contributed by atoms with Crippen molar-refractivity contribution in [1.29, 1.82) is 0 Å². The highest BCUT2D eigenvalue weighted by Crippen LogP contribution is 2.35. The number of carbonyl (C=O) groups is 2. The van der Waals surface area contributed by atoms with Crippen LogP contribution in [0, 0.1) is 0 Å². The number of hydrogen-bond acceptors (Lipinski definition) is 5. The standard InChI is InChI=1S/C20H21NO5/c1-24-17-11-5-8-15(18(17)25-2)19(22)21-12-6-9-13-14(20(23)26-3)7-4-10-16(13)21/h4-5,7-8,10-11H,6,9,12H2,1-3H3. The Morgan fingerprint density at radius 1 is 0.962 bits per heavy atom. The van der Waals surface area contributed by atoms with Gasteiger partial charge in [0.15, 0.2) is 11.5 Å². The Hall–Kier alpha value is -3.02. The minimum atomic E-state index is -0.393. The number of fused-ring (bicyclic) bond motifs is 1. The second-order valence-electron chi connectivity index (χ2n) is 5.90. The first-order valence-corrected chi connectivity index (χ1v) is 8.35. The van der Waals surface area contributed by atoms with E-state index in [-0.39, 0.29) is 5.91 Å². The molecule has 0 unspecified atom stereocenters. The van der Waals surface area contributed by atoms with E-state index >= 15 is 0 Å². The van der Waals surface area contributed by atoms with Crippen LogP contribution in [0.15, 0.2) is 36.4 Å². The highest BCUT2D eigenvalue weighted by molar-refractivity contribution is 6.09. The van der Waals surface area contributed by atoms with E-state index in [2.05, 4.69) is 0 Å². The van der Waals surface area contributed by atoms with Crippen LogP contribution in [0.4, 0.5) is 5.69 Å². The highest BCUT2D eigenvalue weighted by atomic mass is 16.5. The van der Waals surface area contributed by atoms with Crippen molar-refractivity contribution >= 4 is 17.6 Å². The molecule has 0 bridgehead atoms. The minimum Gasteiger partial charge on any atom is -0.493 e. The van der Waals surface area contributed by atoms with Gasteiger partial charge in [-0.3, -0.25) is 4.79 Å². The number of hydrogen-bond donors (Lipinski definition) is 0. The lowest BCUT2D eigenvalue weighted by atomic mass is 9.95. The van der Waals surface area contributed by atoms with E-state index in [0.717, 1.165) is 24.1 Å². The molecule has 0 aliphatic carbocycles. The third-order valence-electron chi connectivity index (χ3n) is 4.53. The summed E-state index contributed by atoms with van der Waals surface area (Å²) in [6.07, 6.45) is 1.48. The molecule has 0 N–H and O–H groups in total. The Morgan fingerprint density at radius 2 is 1.69 bits per heavy atom. The van der Waals surface area contributed by atoms with Gasteiger partial charge in [0.2, 0.25) is 0 Å². The van der Waals surface area contributed by atoms with Crippen molar-refractivity contribution in [3.05, 3.63) is 53.1 Å². The molecule has 0 atom stereocenters. The van der Waals surface area contributed by atoms with Crippen molar-refractivity contribution in [3.8, 4) is 11.5 Å². The summed E-state index contributed by atoms with van der Waals surface area (Å²) in [5.41, 5.74) is 2.48. The van der Waals surface area contributed by atoms with Crippen LogP contribution in [0.3, 0.4) is 0 Å². The van der Waals surface area contributed by atoms with E-state index in [1.807, 2.05) is 6.07 Å². The second-order valence-corrected chi connectivity index (χ2v) is 5.90. The molecule has 0 radical (unpaired) electrons. The minimum absolute atomic E-state index is 0.191. The number of carbonyl (C=O) groups excluding carboxylic acids is 2. The maximum absolute atomic E-state index is 13.2. The van der Waals surface area contributed by atoms with Crippen molar-refractivity contribution in [3.63, 3.8) is 0 Å². The molecule has 1 heterocycles. The van der Waals surface area contributed by atoms with Gasteiger partial charge in [-0.15, -0.1) is 0 Å². The molecule has 0 fully saturated rings. The SMILES string of the molecule is COC(=O)c1cccc2c1CCCN2C(=O)c1cccc(OC)c1OC. The summed E-state index contributed by atoms with van der Waals surface area (Å²) in [4.78, 5) is 27.0. The number of methoxy groups -OCH3 is 3. The summed E-state index contributed by atoms with van der Waals surface area (Å²) in [5, 5.41) is 0. The maximum Gasteiger partial charge on any atom is 0.338 e. The third kappa shape index (κ3) is 2.98. The first-order valence-electron chi connectivity index (χ1n) is 8.35. The van der Waals surface area contributed by atoms with Crippen LogP contribution in [-0.2, 0) is 11.2 Å². The van der Waals surface area contributed by atoms with Gasteiger partial charge in [0.05, 0.1) is 32.5 Å². The Bertz CT molecular complexity index is 846. The fraction of sp³-hybridized carbons (Fsp3) is 0.300. The van der Waals surface area contributed by atoms with Gasteiger partial charge in [-0.05, 0) is 42.7 Å². The average Bonchev–Trinajstić information content (AvgIpc) is 2.70. The Kier molecular flexibility index (Phi) is 5.11. The fourth-order valence-corrected chi connectivity index (χ4v) is 3.34. The van der Waals surface area contributed by atoms with Gasteiger partial charge < -0.3 is 19.1 Å². The number of para-hydroxylation sites is 1. The molecule has 6 nitrogen and oxygen atoms in total. The van der Waals surface area contributed by atoms with Gasteiger partial charge in [-0.25, -0.2) is 4.79 Å². The predicted octanol–water partition coefficient (Wildman–Crippen LogP) is 3.08. The van der Waals surface area contributed by atoms with Crippen LogP contribution in [0.5, 0.6) is 11.5 Å². The summed E-state index contributed by atoms with van der Waals surface area (Å²) >= 11 is 0. The zero-order valence-electron chi connectivity index (χ0n) is 15.1. The predicted molar refractivity (Wildman–Crippen MR) is 97.3 cm³/mol. The van der Waals surface area contributed by atoms with Crippen LogP contribution in [0.2, 0.25) is 0 Å². The molecule has 1 aliphatic heterocycles. The molecule has 0 aromatic heterocycles. The zero-order chi connectivity index (χ0) is 18.7. The van der Waals surface area contributed by atoms with E-state index in [4.69, 9.17) is 14.2 Å². The molecule has 0 spiro atoms. The summed E-state index contributed by atoms with van der Waals surface area (Å²) in [7, 11) is 4.40. The number of nitrogens with zero attached hydrogens (tertiary/aromatic N) is 1. The molecule has 3 rings (SSSR count). The van der Waals surface area contributed by atoms with Crippen molar-refractivity contribution in [2.24, 2.45) is 0 Å². The molecule has 2 aromatic carbocycles. The summed E-state index contributed by atoms with van der Waals surface area (Å²) in [6, 6.07) is 10.6. The molecule has 136 valence electrons. The molecule has 6 heteroatoms. The van der Waals surface area contributed by atoms with Gasteiger partial charge >= 0.3 is 5.97 Å². The van der Waals surface area contributed by atoms with Gasteiger partial charge in [0.25, 0.3) is 5.91 Å². The highest BCUT2D eigenvalue weighted by Gasteiger charge is 2.29. The number of benzene rings is 2. The normalized spacial score (nSPS) is 13.0. The molecular weight excluding hydrogens is 334 g/mol. The molecular formula is C20H21NO5. The van der Waals surface area contributed by atoms with Crippen LogP contribution in [-0.4, -0.2) is 39.8 Å². The number of ether oxygens (including phenoxy) is 3. The van der Waals surface area contributed by atoms with Crippen LogP contribution in [0.25, 0.3) is 0 Å². The Labute approximate surface area is 152 Å². The number of anilines is 1. The van der Waals surface area contributed by atoms with E-state index < -0.39 is 5.97 Å². The lowest BCUT2D eigenvalue weighted by Gasteiger charge is -2.31. The summed E-state index contributed by atoms with van der Waals surface area (Å²) in [6.45, 7) is 0.566. The maximum atomic E-state index is 13.2. The fourth-order valence-electron chi connectivity index (χ4n) is 3.34. The van der Waals surface area contributed by atoms with E-state index in [1.54, 1.807) is 35.2 Å². The molecule has 26 heavy (non-hydrogen) atoms. The lowest BCUT2D eigenvalue weighted by molar-refractivity contribution is 0.0599. The average molecular weight is 355 g/mol. The molecule has 0 saturated heterocycles. The molecule has 1 amide bonds. The van der Waals surface area contributed by atoms with Crippen molar-refractivity contribution in [1.82, 2.24) is 0 Å². The van der Waals surface area contributed by atoms with Crippen molar-refractivity contribution in [2.45, 2.75) is 12.8 Å². The van der Waals surface area contributed by atoms with Crippen LogP contribution >= 0.6 is 0 Å². The van der Waals surface area contributed by atoms with E-state index in [0.29, 0.717) is 29.2 Å². The van der Waals surface area contributed by atoms with E-state index in [1.165, 1.54) is 21.3 Å². The Balaban J connectivity index is 2.06. The first-order chi connectivity index (χ1) is 12.6. The molecule has 2 aromatic rings. The van der Waals surface area contributed by atoms with E-state index in [9.17, 15) is 9.59 Å². The topological polar surface area (TPSA) is 65.1 Å².